The van der Waals surface area contributed by atoms with Gasteiger partial charge >= 0.3 is 0 Å². The molecule has 1 aliphatic heterocycles. The average molecular weight is 349 g/mol. The van der Waals surface area contributed by atoms with Crippen molar-refractivity contribution in [1.29, 1.82) is 0 Å². The fourth-order valence-corrected chi connectivity index (χ4v) is 3.80. The van der Waals surface area contributed by atoms with Crippen LogP contribution in [-0.2, 0) is 11.3 Å². The van der Waals surface area contributed by atoms with E-state index in [2.05, 4.69) is 53.2 Å². The van der Waals surface area contributed by atoms with Crippen LogP contribution < -0.4 is 0 Å². The molecule has 142 valence electrons. The SMILES string of the molecule is CCCC(CCC)C(=O)N1CCN(CCn2ccnc2C(C)C)CC1. The zero-order valence-corrected chi connectivity index (χ0v) is 16.6. The highest BCUT2D eigenvalue weighted by molar-refractivity contribution is 5.78. The second-order valence-electron chi connectivity index (χ2n) is 7.57. The fourth-order valence-electron chi connectivity index (χ4n) is 3.80. The summed E-state index contributed by atoms with van der Waals surface area (Å²) in [5, 5.41) is 0. The Kier molecular flexibility index (Phi) is 7.94. The monoisotopic (exact) mass is 348 g/mol. The third-order valence-electron chi connectivity index (χ3n) is 5.23. The van der Waals surface area contributed by atoms with Crippen molar-refractivity contribution in [2.24, 2.45) is 5.92 Å². The number of aromatic nitrogens is 2. The van der Waals surface area contributed by atoms with Gasteiger partial charge in [-0.3, -0.25) is 9.69 Å². The van der Waals surface area contributed by atoms with E-state index in [9.17, 15) is 4.79 Å². The molecule has 1 aromatic rings. The minimum Gasteiger partial charge on any atom is -0.340 e. The van der Waals surface area contributed by atoms with Crippen LogP contribution in [0, 0.1) is 5.92 Å². The van der Waals surface area contributed by atoms with Crippen LogP contribution in [0.15, 0.2) is 12.4 Å². The first-order valence-electron chi connectivity index (χ1n) is 10.1. The summed E-state index contributed by atoms with van der Waals surface area (Å²) >= 11 is 0. The predicted octanol–water partition coefficient (Wildman–Crippen LogP) is 3.37. The van der Waals surface area contributed by atoms with Crippen LogP contribution >= 0.6 is 0 Å². The Morgan fingerprint density at radius 2 is 1.72 bits per heavy atom. The van der Waals surface area contributed by atoms with Crippen LogP contribution in [0.3, 0.4) is 0 Å². The molecule has 1 saturated heterocycles. The van der Waals surface area contributed by atoms with Crippen LogP contribution in [-0.4, -0.2) is 58.0 Å². The van der Waals surface area contributed by atoms with Gasteiger partial charge in [0.25, 0.3) is 0 Å². The van der Waals surface area contributed by atoms with Crippen LogP contribution in [0.5, 0.6) is 0 Å². The van der Waals surface area contributed by atoms with E-state index in [1.54, 1.807) is 0 Å². The van der Waals surface area contributed by atoms with Gasteiger partial charge in [0.2, 0.25) is 5.91 Å². The van der Waals surface area contributed by atoms with E-state index in [4.69, 9.17) is 0 Å². The van der Waals surface area contributed by atoms with Crippen molar-refractivity contribution in [3.63, 3.8) is 0 Å². The van der Waals surface area contributed by atoms with Gasteiger partial charge < -0.3 is 9.47 Å². The van der Waals surface area contributed by atoms with E-state index in [0.717, 1.165) is 70.8 Å². The van der Waals surface area contributed by atoms with Crippen LogP contribution in [0.4, 0.5) is 0 Å². The van der Waals surface area contributed by atoms with Crippen molar-refractivity contribution in [1.82, 2.24) is 19.4 Å². The third-order valence-corrected chi connectivity index (χ3v) is 5.23. The molecular formula is C20H36N4O. The quantitative estimate of drug-likeness (QED) is 0.687. The molecule has 0 spiro atoms. The summed E-state index contributed by atoms with van der Waals surface area (Å²) in [4.78, 5) is 21.8. The van der Waals surface area contributed by atoms with E-state index in [1.165, 1.54) is 0 Å². The van der Waals surface area contributed by atoms with Gasteiger partial charge in [0.15, 0.2) is 0 Å². The maximum Gasteiger partial charge on any atom is 0.225 e. The number of hydrogen-bond acceptors (Lipinski definition) is 3. The molecule has 25 heavy (non-hydrogen) atoms. The number of amides is 1. The number of carbonyl (C=O) groups excluding carboxylic acids is 1. The lowest BCUT2D eigenvalue weighted by atomic mass is 9.96. The highest BCUT2D eigenvalue weighted by Gasteiger charge is 2.26. The molecule has 2 rings (SSSR count). The Morgan fingerprint density at radius 3 is 2.28 bits per heavy atom. The van der Waals surface area contributed by atoms with E-state index in [0.29, 0.717) is 11.8 Å². The number of piperazine rings is 1. The number of imidazole rings is 1. The van der Waals surface area contributed by atoms with Gasteiger partial charge in [-0.1, -0.05) is 40.5 Å². The molecule has 0 unspecified atom stereocenters. The Morgan fingerprint density at radius 1 is 1.08 bits per heavy atom. The molecule has 1 amide bonds. The van der Waals surface area contributed by atoms with Gasteiger partial charge in [0.1, 0.15) is 5.82 Å². The van der Waals surface area contributed by atoms with Gasteiger partial charge in [-0.2, -0.15) is 0 Å². The van der Waals surface area contributed by atoms with Crippen LogP contribution in [0.25, 0.3) is 0 Å². The van der Waals surface area contributed by atoms with Crippen molar-refractivity contribution in [2.75, 3.05) is 32.7 Å². The lowest BCUT2D eigenvalue weighted by Crippen LogP contribution is -2.50. The minimum atomic E-state index is 0.237. The summed E-state index contributed by atoms with van der Waals surface area (Å²) in [7, 11) is 0. The van der Waals surface area contributed by atoms with E-state index >= 15 is 0 Å². The van der Waals surface area contributed by atoms with Crippen molar-refractivity contribution in [3.8, 4) is 0 Å². The normalized spacial score (nSPS) is 16.2. The highest BCUT2D eigenvalue weighted by atomic mass is 16.2. The molecule has 5 heteroatoms. The molecule has 1 fully saturated rings. The molecule has 0 atom stereocenters. The standard InChI is InChI=1S/C20H36N4O/c1-5-7-18(8-6-2)20(25)24-15-12-22(13-16-24)11-14-23-10-9-21-19(23)17(3)4/h9-10,17-18H,5-8,11-16H2,1-4H3. The lowest BCUT2D eigenvalue weighted by molar-refractivity contribution is -0.137. The topological polar surface area (TPSA) is 41.4 Å². The second kappa shape index (κ2) is 9.95. The third kappa shape index (κ3) is 5.56. The first-order chi connectivity index (χ1) is 12.1. The molecule has 0 bridgehead atoms. The molecule has 0 saturated carbocycles. The van der Waals surface area contributed by atoms with Gasteiger partial charge in [-0.15, -0.1) is 0 Å². The Bertz CT molecular complexity index is 512. The molecule has 1 aliphatic rings. The van der Waals surface area contributed by atoms with Crippen LogP contribution in [0.1, 0.15) is 65.1 Å². The minimum absolute atomic E-state index is 0.237. The second-order valence-corrected chi connectivity index (χ2v) is 7.57. The molecule has 0 aromatic carbocycles. The first-order valence-corrected chi connectivity index (χ1v) is 10.1. The molecule has 0 N–H and O–H groups in total. The number of hydrogen-bond donors (Lipinski definition) is 0. The zero-order valence-electron chi connectivity index (χ0n) is 16.6. The largest absolute Gasteiger partial charge is 0.340 e. The average Bonchev–Trinajstić information content (AvgIpc) is 3.08. The van der Waals surface area contributed by atoms with Gasteiger partial charge in [0, 0.05) is 63.5 Å². The van der Waals surface area contributed by atoms with Crippen LogP contribution in [0.2, 0.25) is 0 Å². The van der Waals surface area contributed by atoms with Gasteiger partial charge in [0.05, 0.1) is 0 Å². The van der Waals surface area contributed by atoms with Crippen molar-refractivity contribution in [2.45, 2.75) is 65.8 Å². The predicted molar refractivity (Wildman–Crippen MR) is 103 cm³/mol. The summed E-state index contributed by atoms with van der Waals surface area (Å²) in [6.07, 6.45) is 8.23. The summed E-state index contributed by atoms with van der Waals surface area (Å²) in [6.45, 7) is 14.5. The van der Waals surface area contributed by atoms with E-state index in [-0.39, 0.29) is 5.92 Å². The highest BCUT2D eigenvalue weighted by Crippen LogP contribution is 2.18. The van der Waals surface area contributed by atoms with Crippen molar-refractivity contribution in [3.05, 3.63) is 18.2 Å². The van der Waals surface area contributed by atoms with Gasteiger partial charge in [-0.25, -0.2) is 4.98 Å². The van der Waals surface area contributed by atoms with Crippen molar-refractivity contribution < 1.29 is 4.79 Å². The molecule has 0 radical (unpaired) electrons. The fraction of sp³-hybridized carbons (Fsp3) is 0.800. The smallest absolute Gasteiger partial charge is 0.225 e. The molecule has 5 nitrogen and oxygen atoms in total. The molecule has 2 heterocycles. The van der Waals surface area contributed by atoms with Crippen molar-refractivity contribution >= 4 is 5.91 Å². The maximum atomic E-state index is 12.7. The zero-order chi connectivity index (χ0) is 18.2. The Hall–Kier alpha value is -1.36. The summed E-state index contributed by atoms with van der Waals surface area (Å²) < 4.78 is 2.26. The first kappa shape index (κ1) is 20.0. The number of rotatable bonds is 9. The summed E-state index contributed by atoms with van der Waals surface area (Å²) in [6, 6.07) is 0. The summed E-state index contributed by atoms with van der Waals surface area (Å²) in [5.74, 6) is 2.25. The van der Waals surface area contributed by atoms with E-state index in [1.807, 2.05) is 6.20 Å². The molecular weight excluding hydrogens is 312 g/mol. The lowest BCUT2D eigenvalue weighted by Gasteiger charge is -2.36. The maximum absolute atomic E-state index is 12.7. The Balaban J connectivity index is 1.79. The molecule has 1 aromatic heterocycles. The van der Waals surface area contributed by atoms with E-state index < -0.39 is 0 Å². The summed E-state index contributed by atoms with van der Waals surface area (Å²) in [5.41, 5.74) is 0. The Labute approximate surface area is 153 Å². The number of nitrogens with zero attached hydrogens (tertiary/aromatic N) is 4. The number of carbonyl (C=O) groups is 1. The van der Waals surface area contributed by atoms with Gasteiger partial charge in [-0.05, 0) is 12.8 Å². The molecule has 0 aliphatic carbocycles.